The van der Waals surface area contributed by atoms with Gasteiger partial charge in [-0.1, -0.05) is 30.0 Å². The Morgan fingerprint density at radius 2 is 1.90 bits per heavy atom. The number of benzene rings is 2. The zero-order chi connectivity index (χ0) is 14.8. The van der Waals surface area contributed by atoms with Gasteiger partial charge in [-0.25, -0.2) is 0 Å². The van der Waals surface area contributed by atoms with E-state index in [0.29, 0.717) is 0 Å². The Bertz CT molecular complexity index is 764. The number of fused-ring (bicyclic) bond motifs is 1. The molecule has 4 heteroatoms. The fourth-order valence-corrected chi connectivity index (χ4v) is 4.33. The predicted molar refractivity (Wildman–Crippen MR) is 92.6 cm³/mol. The smallest absolute Gasteiger partial charge is 0.0692 e. The third kappa shape index (κ3) is 2.93. The van der Waals surface area contributed by atoms with Crippen molar-refractivity contribution in [3.63, 3.8) is 0 Å². The average Bonchev–Trinajstić information content (AvgIpc) is 2.90. The second-order valence-corrected chi connectivity index (χ2v) is 7.04. The minimum absolute atomic E-state index is 0.0776. The molecule has 0 saturated heterocycles. The molecule has 3 aromatic rings. The van der Waals surface area contributed by atoms with Gasteiger partial charge in [-0.2, -0.15) is 0 Å². The molecular weight excluding hydrogens is 298 g/mol. The third-order valence-corrected chi connectivity index (χ3v) is 5.69. The maximum Gasteiger partial charge on any atom is 0.0692 e. The molecule has 0 fully saturated rings. The molecule has 0 aliphatic carbocycles. The van der Waals surface area contributed by atoms with Crippen LogP contribution >= 0.6 is 23.1 Å². The number of hydrogen-bond donors (Lipinski definition) is 1. The number of aliphatic hydroxyl groups is 1. The van der Waals surface area contributed by atoms with Crippen molar-refractivity contribution >= 4 is 38.9 Å². The van der Waals surface area contributed by atoms with Gasteiger partial charge in [0.2, 0.25) is 0 Å². The second-order valence-electron chi connectivity index (χ2n) is 5.04. The van der Waals surface area contributed by atoms with Gasteiger partial charge in [0.05, 0.1) is 6.61 Å². The van der Waals surface area contributed by atoms with Crippen molar-refractivity contribution in [3.05, 3.63) is 53.4 Å². The van der Waals surface area contributed by atoms with Gasteiger partial charge in [-0.3, -0.25) is 0 Å². The monoisotopic (exact) mass is 315 g/mol. The zero-order valence-electron chi connectivity index (χ0n) is 12.0. The van der Waals surface area contributed by atoms with E-state index in [-0.39, 0.29) is 6.61 Å². The Labute approximate surface area is 133 Å². The van der Waals surface area contributed by atoms with Crippen molar-refractivity contribution in [2.24, 2.45) is 0 Å². The number of nitrogens with zero attached hydrogens (tertiary/aromatic N) is 1. The molecule has 0 spiro atoms. The summed E-state index contributed by atoms with van der Waals surface area (Å²) in [5, 5.41) is 12.9. The van der Waals surface area contributed by atoms with Crippen LogP contribution in [-0.4, -0.2) is 19.2 Å². The molecule has 2 aromatic carbocycles. The van der Waals surface area contributed by atoms with Gasteiger partial charge in [-0.05, 0) is 29.8 Å². The summed E-state index contributed by atoms with van der Waals surface area (Å²) in [7, 11) is 4.11. The fraction of sp³-hybridized carbons (Fsp3) is 0.176. The maximum absolute atomic E-state index is 9.46. The van der Waals surface area contributed by atoms with Crippen LogP contribution in [-0.2, 0) is 6.61 Å². The van der Waals surface area contributed by atoms with Crippen LogP contribution in [0, 0.1) is 0 Å². The lowest BCUT2D eigenvalue weighted by Crippen LogP contribution is -2.07. The molecule has 0 radical (unpaired) electrons. The van der Waals surface area contributed by atoms with E-state index in [1.807, 2.05) is 18.2 Å². The van der Waals surface area contributed by atoms with Gasteiger partial charge in [0.25, 0.3) is 0 Å². The van der Waals surface area contributed by atoms with Crippen LogP contribution in [0.2, 0.25) is 0 Å². The first kappa shape index (κ1) is 14.4. The highest BCUT2D eigenvalue weighted by Crippen LogP contribution is 2.40. The number of hydrogen-bond acceptors (Lipinski definition) is 4. The second kappa shape index (κ2) is 6.10. The lowest BCUT2D eigenvalue weighted by molar-refractivity contribution is 0.279. The van der Waals surface area contributed by atoms with Gasteiger partial charge >= 0.3 is 0 Å². The van der Waals surface area contributed by atoms with Gasteiger partial charge in [-0.15, -0.1) is 11.3 Å². The Morgan fingerprint density at radius 1 is 1.10 bits per heavy atom. The van der Waals surface area contributed by atoms with Crippen LogP contribution in [0.4, 0.5) is 5.69 Å². The summed E-state index contributed by atoms with van der Waals surface area (Å²) in [6.45, 7) is 0.0776. The molecule has 0 atom stereocenters. The Kier molecular flexibility index (Phi) is 4.19. The quantitative estimate of drug-likeness (QED) is 0.760. The molecule has 0 bridgehead atoms. The van der Waals surface area contributed by atoms with Crippen LogP contribution in [0.5, 0.6) is 0 Å². The Balaban J connectivity index is 2.02. The molecule has 21 heavy (non-hydrogen) atoms. The number of rotatable bonds is 4. The predicted octanol–water partition coefficient (Wildman–Crippen LogP) is 4.61. The van der Waals surface area contributed by atoms with E-state index in [2.05, 4.69) is 48.6 Å². The van der Waals surface area contributed by atoms with Gasteiger partial charge in [0, 0.05) is 45.0 Å². The first-order chi connectivity index (χ1) is 10.2. The standard InChI is InChI=1S/C17H17NOS2/c1-18(2)13-7-8-16-14(9-13)17(11-20-16)21-15-6-4-3-5-12(15)10-19/h3-9,11,19H,10H2,1-2H3. The Morgan fingerprint density at radius 3 is 2.67 bits per heavy atom. The molecule has 0 aliphatic heterocycles. The summed E-state index contributed by atoms with van der Waals surface area (Å²) < 4.78 is 1.30. The molecule has 1 heterocycles. The van der Waals surface area contributed by atoms with Crippen LogP contribution < -0.4 is 4.90 Å². The number of thiophene rings is 1. The molecule has 0 amide bonds. The first-order valence-corrected chi connectivity index (χ1v) is 8.44. The summed E-state index contributed by atoms with van der Waals surface area (Å²) in [5.74, 6) is 0. The highest BCUT2D eigenvalue weighted by atomic mass is 32.2. The number of anilines is 1. The van der Waals surface area contributed by atoms with E-state index in [9.17, 15) is 5.11 Å². The van der Waals surface area contributed by atoms with Crippen molar-refractivity contribution in [2.45, 2.75) is 16.4 Å². The minimum Gasteiger partial charge on any atom is -0.392 e. The van der Waals surface area contributed by atoms with E-state index in [4.69, 9.17) is 0 Å². The van der Waals surface area contributed by atoms with Crippen LogP contribution in [0.15, 0.2) is 57.6 Å². The van der Waals surface area contributed by atoms with Crippen molar-refractivity contribution in [1.29, 1.82) is 0 Å². The molecule has 108 valence electrons. The summed E-state index contributed by atoms with van der Waals surface area (Å²) in [5.41, 5.74) is 2.18. The van der Waals surface area contributed by atoms with Crippen molar-refractivity contribution in [2.75, 3.05) is 19.0 Å². The average molecular weight is 315 g/mol. The Hall–Kier alpha value is -1.49. The minimum atomic E-state index is 0.0776. The maximum atomic E-state index is 9.46. The van der Waals surface area contributed by atoms with Crippen molar-refractivity contribution < 1.29 is 5.11 Å². The van der Waals surface area contributed by atoms with Gasteiger partial charge in [0.15, 0.2) is 0 Å². The highest BCUT2D eigenvalue weighted by molar-refractivity contribution is 7.99. The third-order valence-electron chi connectivity index (χ3n) is 3.40. The first-order valence-electron chi connectivity index (χ1n) is 6.74. The normalized spacial score (nSPS) is 11.0. The van der Waals surface area contributed by atoms with Crippen LogP contribution in [0.25, 0.3) is 10.1 Å². The summed E-state index contributed by atoms with van der Waals surface area (Å²) >= 11 is 3.49. The van der Waals surface area contributed by atoms with E-state index in [1.54, 1.807) is 23.1 Å². The van der Waals surface area contributed by atoms with E-state index in [1.165, 1.54) is 20.7 Å². The van der Waals surface area contributed by atoms with E-state index < -0.39 is 0 Å². The molecule has 2 nitrogen and oxygen atoms in total. The summed E-state index contributed by atoms with van der Waals surface area (Å²) in [6.07, 6.45) is 0. The van der Waals surface area contributed by atoms with Crippen molar-refractivity contribution in [3.8, 4) is 0 Å². The molecule has 0 saturated carbocycles. The van der Waals surface area contributed by atoms with Gasteiger partial charge < -0.3 is 10.0 Å². The molecular formula is C17H17NOS2. The molecule has 1 aromatic heterocycles. The van der Waals surface area contributed by atoms with Gasteiger partial charge in [0.1, 0.15) is 0 Å². The van der Waals surface area contributed by atoms with Crippen LogP contribution in [0.3, 0.4) is 0 Å². The molecule has 3 rings (SSSR count). The fourth-order valence-electron chi connectivity index (χ4n) is 2.20. The molecule has 0 aliphatic rings. The summed E-state index contributed by atoms with van der Waals surface area (Å²) in [4.78, 5) is 4.49. The molecule has 0 unspecified atom stereocenters. The van der Waals surface area contributed by atoms with E-state index in [0.717, 1.165) is 10.5 Å². The lowest BCUT2D eigenvalue weighted by atomic mass is 10.2. The topological polar surface area (TPSA) is 23.5 Å². The molecule has 1 N–H and O–H groups in total. The van der Waals surface area contributed by atoms with Crippen molar-refractivity contribution in [1.82, 2.24) is 0 Å². The van der Waals surface area contributed by atoms with Crippen LogP contribution in [0.1, 0.15) is 5.56 Å². The lowest BCUT2D eigenvalue weighted by Gasteiger charge is -2.12. The summed E-state index contributed by atoms with van der Waals surface area (Å²) in [6, 6.07) is 14.6. The zero-order valence-corrected chi connectivity index (χ0v) is 13.7. The van der Waals surface area contributed by atoms with E-state index >= 15 is 0 Å². The largest absolute Gasteiger partial charge is 0.392 e. The SMILES string of the molecule is CN(C)c1ccc2scc(Sc3ccccc3CO)c2c1. The number of aliphatic hydroxyl groups excluding tert-OH is 1. The highest BCUT2D eigenvalue weighted by Gasteiger charge is 2.09.